The van der Waals surface area contributed by atoms with E-state index in [9.17, 15) is 0 Å². The summed E-state index contributed by atoms with van der Waals surface area (Å²) in [7, 11) is 0. The van der Waals surface area contributed by atoms with E-state index in [1.165, 1.54) is 161 Å². The molecular formula is C54H83NOS3. The Labute approximate surface area is 378 Å². The molecule has 0 fully saturated rings. The van der Waals surface area contributed by atoms with Gasteiger partial charge in [0.2, 0.25) is 0 Å². The Morgan fingerprint density at radius 3 is 1.15 bits per heavy atom. The fourth-order valence-electron chi connectivity index (χ4n) is 8.28. The molecule has 0 radical (unpaired) electrons. The van der Waals surface area contributed by atoms with Crippen LogP contribution in [0.25, 0.3) is 0 Å². The maximum atomic E-state index is 7.54. The van der Waals surface area contributed by atoms with Crippen molar-refractivity contribution in [1.82, 2.24) is 5.32 Å². The molecule has 1 N–H and O–H groups in total. The zero-order valence-corrected chi connectivity index (χ0v) is 40.0. The van der Waals surface area contributed by atoms with E-state index >= 15 is 0 Å². The summed E-state index contributed by atoms with van der Waals surface area (Å²) in [4.78, 5) is 0.979. The third-order valence-corrected chi connectivity index (χ3v) is 13.7. The van der Waals surface area contributed by atoms with E-state index in [0.717, 1.165) is 58.1 Å². The average Bonchev–Trinajstić information content (AvgIpc) is 3.27. The number of hydrogen-bond donors (Lipinski definition) is 1. The fraction of sp³-hybridized carbons (Fsp3) is 0.630. The molecule has 328 valence electrons. The van der Waals surface area contributed by atoms with Crippen LogP contribution in [0, 0.1) is 0 Å². The molecule has 0 aliphatic carbocycles. The van der Waals surface area contributed by atoms with Crippen LogP contribution >= 0.6 is 36.2 Å². The molecule has 3 aromatic rings. The van der Waals surface area contributed by atoms with Crippen LogP contribution in [0.2, 0.25) is 0 Å². The van der Waals surface area contributed by atoms with Gasteiger partial charge in [0.15, 0.2) is 0 Å². The second-order valence-corrected chi connectivity index (χ2v) is 19.4. The molecule has 3 rings (SSSR count). The highest BCUT2D eigenvalue weighted by atomic mass is 32.2. The summed E-state index contributed by atoms with van der Waals surface area (Å²) in [6, 6.07) is 32.2. The lowest BCUT2D eigenvalue weighted by molar-refractivity contribution is -0.00620. The number of thiocarbonyl (C=S) groups is 2. The van der Waals surface area contributed by atoms with Gasteiger partial charge >= 0.3 is 0 Å². The molecule has 3 aromatic carbocycles. The van der Waals surface area contributed by atoms with Crippen molar-refractivity contribution < 1.29 is 4.74 Å². The van der Waals surface area contributed by atoms with E-state index in [1.54, 1.807) is 11.8 Å². The average molecular weight is 858 g/mol. The SMILES string of the molecule is CCCCCCCCCCCCCCCC(=S)NCCC(OC(c1ccccc1)(c1ccccc1)c1ccccc1)SC(=S)CCCCCCCCCCCCCCC. The molecule has 0 aromatic heterocycles. The number of thioether (sulfide) groups is 1. The first-order valence-electron chi connectivity index (χ1n) is 24.4. The summed E-state index contributed by atoms with van der Waals surface area (Å²) in [6.45, 7) is 5.36. The van der Waals surface area contributed by atoms with Gasteiger partial charge in [0.25, 0.3) is 0 Å². The number of unbranched alkanes of at least 4 members (excludes halogenated alkanes) is 24. The lowest BCUT2D eigenvalue weighted by Crippen LogP contribution is -2.37. The normalized spacial score (nSPS) is 12.1. The van der Waals surface area contributed by atoms with Gasteiger partial charge in [-0.25, -0.2) is 0 Å². The highest BCUT2D eigenvalue weighted by Gasteiger charge is 2.40. The summed E-state index contributed by atoms with van der Waals surface area (Å²) in [5.74, 6) is 0. The number of rotatable bonds is 37. The van der Waals surface area contributed by atoms with Crippen molar-refractivity contribution in [3.05, 3.63) is 108 Å². The van der Waals surface area contributed by atoms with Crippen LogP contribution in [0.5, 0.6) is 0 Å². The van der Waals surface area contributed by atoms with E-state index in [4.69, 9.17) is 29.2 Å². The molecule has 0 bridgehead atoms. The molecule has 1 unspecified atom stereocenters. The van der Waals surface area contributed by atoms with E-state index < -0.39 is 5.60 Å². The Morgan fingerprint density at radius 1 is 0.475 bits per heavy atom. The molecule has 0 heterocycles. The maximum Gasteiger partial charge on any atom is 0.145 e. The smallest absolute Gasteiger partial charge is 0.145 e. The molecule has 0 aliphatic heterocycles. The third kappa shape index (κ3) is 22.6. The molecule has 0 amide bonds. The molecule has 2 nitrogen and oxygen atoms in total. The molecule has 1 atom stereocenters. The van der Waals surface area contributed by atoms with Crippen LogP contribution in [0.3, 0.4) is 0 Å². The predicted octanol–water partition coefficient (Wildman–Crippen LogP) is 17.7. The lowest BCUT2D eigenvalue weighted by atomic mass is 9.80. The maximum absolute atomic E-state index is 7.54. The Hall–Kier alpha value is -2.05. The molecule has 0 aliphatic rings. The largest absolute Gasteiger partial charge is 0.380 e. The summed E-state index contributed by atoms with van der Waals surface area (Å²) in [5, 5.41) is 3.63. The van der Waals surface area contributed by atoms with E-state index in [2.05, 4.69) is 110 Å². The van der Waals surface area contributed by atoms with Gasteiger partial charge in [-0.3, -0.25) is 0 Å². The van der Waals surface area contributed by atoms with Crippen LogP contribution in [0.1, 0.15) is 217 Å². The van der Waals surface area contributed by atoms with Crippen LogP contribution in [-0.4, -0.2) is 21.2 Å². The topological polar surface area (TPSA) is 21.3 Å². The van der Waals surface area contributed by atoms with Crippen molar-refractivity contribution in [2.45, 2.75) is 211 Å². The first-order chi connectivity index (χ1) is 29.1. The van der Waals surface area contributed by atoms with Gasteiger partial charge in [-0.1, -0.05) is 295 Å². The molecule has 5 heteroatoms. The lowest BCUT2D eigenvalue weighted by Gasteiger charge is -2.39. The Balaban J connectivity index is 1.53. The number of hydrogen-bond acceptors (Lipinski definition) is 4. The van der Waals surface area contributed by atoms with Crippen molar-refractivity contribution >= 4 is 45.4 Å². The van der Waals surface area contributed by atoms with Crippen molar-refractivity contribution in [3.63, 3.8) is 0 Å². The number of ether oxygens (including phenoxy) is 1. The van der Waals surface area contributed by atoms with Gasteiger partial charge < -0.3 is 10.1 Å². The predicted molar refractivity (Wildman–Crippen MR) is 270 cm³/mol. The first kappa shape index (κ1) is 51.3. The summed E-state index contributed by atoms with van der Waals surface area (Å²) >= 11 is 13.8. The van der Waals surface area contributed by atoms with Gasteiger partial charge in [0.05, 0.1) is 9.19 Å². The van der Waals surface area contributed by atoms with Gasteiger partial charge in [-0.15, -0.1) is 0 Å². The quantitative estimate of drug-likeness (QED) is 0.0269. The Bertz CT molecular complexity index is 1340. The van der Waals surface area contributed by atoms with E-state index in [-0.39, 0.29) is 5.44 Å². The highest BCUT2D eigenvalue weighted by Crippen LogP contribution is 2.43. The molecule has 0 spiro atoms. The zero-order chi connectivity index (χ0) is 41.9. The monoisotopic (exact) mass is 858 g/mol. The van der Waals surface area contributed by atoms with Crippen molar-refractivity contribution in [2.24, 2.45) is 0 Å². The molecule has 0 saturated heterocycles. The zero-order valence-electron chi connectivity index (χ0n) is 37.6. The summed E-state index contributed by atoms with van der Waals surface area (Å²) < 4.78 is 8.59. The minimum atomic E-state index is -0.790. The number of benzene rings is 3. The third-order valence-electron chi connectivity index (χ3n) is 11.8. The fourth-order valence-corrected chi connectivity index (χ4v) is 9.97. The van der Waals surface area contributed by atoms with Crippen molar-refractivity contribution in [3.8, 4) is 0 Å². The second kappa shape index (κ2) is 34.5. The first-order valence-corrected chi connectivity index (χ1v) is 26.1. The number of nitrogens with one attached hydrogen (secondary N) is 1. The van der Waals surface area contributed by atoms with E-state index in [1.807, 2.05) is 0 Å². The molecule has 59 heavy (non-hydrogen) atoms. The minimum Gasteiger partial charge on any atom is -0.380 e. The van der Waals surface area contributed by atoms with Gasteiger partial charge in [0, 0.05) is 13.0 Å². The van der Waals surface area contributed by atoms with E-state index in [0.29, 0.717) is 0 Å². The van der Waals surface area contributed by atoms with Gasteiger partial charge in [0.1, 0.15) is 11.0 Å². The summed E-state index contributed by atoms with van der Waals surface area (Å²) in [6.07, 6.45) is 38.1. The van der Waals surface area contributed by atoms with Crippen LogP contribution < -0.4 is 5.32 Å². The van der Waals surface area contributed by atoms with Crippen LogP contribution in [-0.2, 0) is 10.3 Å². The Morgan fingerprint density at radius 2 is 0.797 bits per heavy atom. The van der Waals surface area contributed by atoms with Crippen molar-refractivity contribution in [1.29, 1.82) is 0 Å². The van der Waals surface area contributed by atoms with Crippen LogP contribution in [0.15, 0.2) is 91.0 Å². The van der Waals surface area contributed by atoms with Gasteiger partial charge in [-0.2, -0.15) is 0 Å². The Kier molecular flexibility index (Phi) is 30.0. The summed E-state index contributed by atoms with van der Waals surface area (Å²) in [5.41, 5.74) is 2.42. The molecule has 0 saturated carbocycles. The van der Waals surface area contributed by atoms with Crippen LogP contribution in [0.4, 0.5) is 0 Å². The minimum absolute atomic E-state index is 0.156. The standard InChI is InChI=1S/C54H83NOS3/c1-3-5-7-9-11-13-15-17-19-21-23-25-36-44-51(57)55-47-46-52(59-53(58)45-37-26-24-22-20-18-16-14-12-10-8-6-4-2)56-54(48-38-30-27-31-39-48,49-40-32-28-33-41-49)50-42-34-29-35-43-50/h27-35,38-43,52H,3-26,36-37,44-47H2,1-2H3,(H,55,57). The molecular weight excluding hydrogens is 775 g/mol. The highest BCUT2D eigenvalue weighted by molar-refractivity contribution is 8.23. The van der Waals surface area contributed by atoms with Crippen molar-refractivity contribution in [2.75, 3.05) is 6.54 Å². The van der Waals surface area contributed by atoms with Gasteiger partial charge in [-0.05, 0) is 42.4 Å². The second-order valence-electron chi connectivity index (χ2n) is 16.9.